The van der Waals surface area contributed by atoms with Crippen LogP contribution in [0.2, 0.25) is 0 Å². The summed E-state index contributed by atoms with van der Waals surface area (Å²) >= 11 is 0. The lowest BCUT2D eigenvalue weighted by atomic mass is 10.1. The molecule has 2 aliphatic rings. The third kappa shape index (κ3) is 4.15. The standard InChI is InChI=1S/C17H22F3NO4S/c18-17(19,20)26(22,23)16-4-2-1-3-15(16)21-8-5-14(6-9-21)25-12-13-7-10-24-11-13/h1-4,13-14H,5-12H2. The maximum absolute atomic E-state index is 12.9. The summed E-state index contributed by atoms with van der Waals surface area (Å²) in [5.41, 5.74) is -5.21. The van der Waals surface area contributed by atoms with Crippen molar-refractivity contribution in [1.82, 2.24) is 0 Å². The Bertz CT molecular complexity index is 709. The predicted molar refractivity (Wildman–Crippen MR) is 89.8 cm³/mol. The van der Waals surface area contributed by atoms with Crippen LogP contribution in [0.4, 0.5) is 18.9 Å². The van der Waals surface area contributed by atoms with Crippen LogP contribution >= 0.6 is 0 Å². The van der Waals surface area contributed by atoms with E-state index < -0.39 is 20.2 Å². The SMILES string of the molecule is O=S(=O)(c1ccccc1N1CCC(OCC2CCOC2)CC1)C(F)(F)F. The lowest BCUT2D eigenvalue weighted by Gasteiger charge is -2.34. The number of ether oxygens (including phenoxy) is 2. The van der Waals surface area contributed by atoms with Gasteiger partial charge in [0, 0.05) is 25.6 Å². The Labute approximate surface area is 151 Å². The summed E-state index contributed by atoms with van der Waals surface area (Å²) in [5, 5.41) is 0. The first kappa shape index (κ1) is 19.4. The fourth-order valence-corrected chi connectivity index (χ4v) is 4.30. The molecule has 0 amide bonds. The van der Waals surface area contributed by atoms with E-state index in [9.17, 15) is 21.6 Å². The summed E-state index contributed by atoms with van der Waals surface area (Å²) in [5.74, 6) is 0.408. The second-order valence-corrected chi connectivity index (χ2v) is 8.58. The smallest absolute Gasteiger partial charge is 0.381 e. The number of alkyl halides is 3. The van der Waals surface area contributed by atoms with E-state index in [2.05, 4.69) is 0 Å². The lowest BCUT2D eigenvalue weighted by molar-refractivity contribution is -0.0435. The average Bonchev–Trinajstić information content (AvgIpc) is 3.13. The summed E-state index contributed by atoms with van der Waals surface area (Å²) in [6.45, 7) is 3.01. The third-order valence-electron chi connectivity index (χ3n) is 4.83. The largest absolute Gasteiger partial charge is 0.501 e. The second kappa shape index (κ2) is 7.74. The van der Waals surface area contributed by atoms with E-state index in [4.69, 9.17) is 9.47 Å². The van der Waals surface area contributed by atoms with Crippen LogP contribution in [0.1, 0.15) is 19.3 Å². The minimum Gasteiger partial charge on any atom is -0.381 e. The highest BCUT2D eigenvalue weighted by Gasteiger charge is 2.48. The van der Waals surface area contributed by atoms with Gasteiger partial charge in [0.15, 0.2) is 0 Å². The molecule has 146 valence electrons. The molecular formula is C17H22F3NO4S. The second-order valence-electron chi connectivity index (χ2n) is 6.67. The molecule has 2 aliphatic heterocycles. The van der Waals surface area contributed by atoms with E-state index >= 15 is 0 Å². The summed E-state index contributed by atoms with van der Waals surface area (Å²) < 4.78 is 73.7. The van der Waals surface area contributed by atoms with Crippen LogP contribution in [0.25, 0.3) is 0 Å². The number of halogens is 3. The fraction of sp³-hybridized carbons (Fsp3) is 0.647. The summed E-state index contributed by atoms with van der Waals surface area (Å²) in [6, 6.07) is 5.30. The molecular weight excluding hydrogens is 371 g/mol. The first-order chi connectivity index (χ1) is 12.3. The highest BCUT2D eigenvalue weighted by molar-refractivity contribution is 7.92. The number of benzene rings is 1. The van der Waals surface area contributed by atoms with E-state index in [0.717, 1.165) is 19.1 Å². The highest BCUT2D eigenvalue weighted by atomic mass is 32.2. The minimum atomic E-state index is -5.38. The Hall–Kier alpha value is -1.32. The van der Waals surface area contributed by atoms with E-state index in [-0.39, 0.29) is 11.8 Å². The number of hydrogen-bond donors (Lipinski definition) is 0. The fourth-order valence-electron chi connectivity index (χ4n) is 3.32. The lowest BCUT2D eigenvalue weighted by Crippen LogP contribution is -2.38. The van der Waals surface area contributed by atoms with Crippen LogP contribution in [-0.2, 0) is 19.3 Å². The number of hydrogen-bond acceptors (Lipinski definition) is 5. The molecule has 1 atom stereocenters. The van der Waals surface area contributed by atoms with Gasteiger partial charge in [0.05, 0.1) is 29.9 Å². The Kier molecular flexibility index (Phi) is 5.78. The molecule has 1 aromatic carbocycles. The molecule has 0 radical (unpaired) electrons. The van der Waals surface area contributed by atoms with Crippen LogP contribution in [0, 0.1) is 5.92 Å². The normalized spacial score (nSPS) is 22.7. The number of anilines is 1. The van der Waals surface area contributed by atoms with E-state index in [1.165, 1.54) is 12.1 Å². The molecule has 9 heteroatoms. The first-order valence-electron chi connectivity index (χ1n) is 8.63. The molecule has 0 spiro atoms. The Morgan fingerprint density at radius 2 is 1.85 bits per heavy atom. The van der Waals surface area contributed by atoms with Gasteiger partial charge in [-0.25, -0.2) is 8.42 Å². The highest BCUT2D eigenvalue weighted by Crippen LogP contribution is 2.36. The maximum Gasteiger partial charge on any atom is 0.501 e. The van der Waals surface area contributed by atoms with Crippen LogP contribution < -0.4 is 4.90 Å². The van der Waals surface area contributed by atoms with Gasteiger partial charge < -0.3 is 14.4 Å². The molecule has 0 N–H and O–H groups in total. The molecule has 0 bridgehead atoms. The Morgan fingerprint density at radius 1 is 1.15 bits per heavy atom. The van der Waals surface area contributed by atoms with Gasteiger partial charge in [0.25, 0.3) is 9.84 Å². The van der Waals surface area contributed by atoms with Crippen molar-refractivity contribution in [2.45, 2.75) is 35.8 Å². The third-order valence-corrected chi connectivity index (χ3v) is 6.37. The average molecular weight is 393 g/mol. The zero-order valence-electron chi connectivity index (χ0n) is 14.2. The number of nitrogens with zero attached hydrogens (tertiary/aromatic N) is 1. The van der Waals surface area contributed by atoms with Crippen molar-refractivity contribution in [2.75, 3.05) is 37.8 Å². The van der Waals surface area contributed by atoms with Crippen molar-refractivity contribution in [3.05, 3.63) is 24.3 Å². The van der Waals surface area contributed by atoms with Gasteiger partial charge in [-0.05, 0) is 31.4 Å². The molecule has 0 aliphatic carbocycles. The van der Waals surface area contributed by atoms with Crippen LogP contribution in [0.3, 0.4) is 0 Å². The van der Waals surface area contributed by atoms with E-state index in [1.54, 1.807) is 11.0 Å². The van der Waals surface area contributed by atoms with Crippen molar-refractivity contribution < 1.29 is 31.1 Å². The van der Waals surface area contributed by atoms with Crippen molar-refractivity contribution in [3.63, 3.8) is 0 Å². The topological polar surface area (TPSA) is 55.8 Å². The number of rotatable bonds is 5. The van der Waals surface area contributed by atoms with E-state index in [0.29, 0.717) is 45.1 Å². The quantitative estimate of drug-likeness (QED) is 0.770. The number of para-hydroxylation sites is 1. The molecule has 5 nitrogen and oxygen atoms in total. The molecule has 1 aromatic rings. The molecule has 2 fully saturated rings. The van der Waals surface area contributed by atoms with Gasteiger partial charge in [-0.15, -0.1) is 0 Å². The zero-order chi connectivity index (χ0) is 18.8. The number of sulfone groups is 1. The van der Waals surface area contributed by atoms with Crippen molar-refractivity contribution in [2.24, 2.45) is 5.92 Å². The van der Waals surface area contributed by atoms with Crippen LogP contribution in [0.15, 0.2) is 29.2 Å². The van der Waals surface area contributed by atoms with Gasteiger partial charge in [-0.1, -0.05) is 12.1 Å². The molecule has 0 saturated carbocycles. The molecule has 0 aromatic heterocycles. The molecule has 1 unspecified atom stereocenters. The van der Waals surface area contributed by atoms with Crippen molar-refractivity contribution in [3.8, 4) is 0 Å². The summed E-state index contributed by atoms with van der Waals surface area (Å²) in [4.78, 5) is 1.01. The van der Waals surface area contributed by atoms with E-state index in [1.807, 2.05) is 0 Å². The maximum atomic E-state index is 12.9. The number of piperidine rings is 1. The molecule has 3 rings (SSSR count). The molecule has 2 heterocycles. The molecule has 2 saturated heterocycles. The molecule has 26 heavy (non-hydrogen) atoms. The first-order valence-corrected chi connectivity index (χ1v) is 10.1. The Morgan fingerprint density at radius 3 is 2.46 bits per heavy atom. The predicted octanol–water partition coefficient (Wildman–Crippen LogP) is 3.00. The van der Waals surface area contributed by atoms with Gasteiger partial charge >= 0.3 is 5.51 Å². The monoisotopic (exact) mass is 393 g/mol. The van der Waals surface area contributed by atoms with Crippen LogP contribution in [0.5, 0.6) is 0 Å². The Balaban J connectivity index is 1.65. The minimum absolute atomic E-state index is 0.0400. The van der Waals surface area contributed by atoms with Gasteiger partial charge in [-0.3, -0.25) is 0 Å². The zero-order valence-corrected chi connectivity index (χ0v) is 15.1. The van der Waals surface area contributed by atoms with Gasteiger partial charge in [0.2, 0.25) is 0 Å². The van der Waals surface area contributed by atoms with Crippen molar-refractivity contribution in [1.29, 1.82) is 0 Å². The summed E-state index contributed by atoms with van der Waals surface area (Å²) in [6.07, 6.45) is 2.32. The van der Waals surface area contributed by atoms with Crippen molar-refractivity contribution >= 4 is 15.5 Å². The van der Waals surface area contributed by atoms with Gasteiger partial charge in [-0.2, -0.15) is 13.2 Å². The van der Waals surface area contributed by atoms with Crippen LogP contribution in [-0.4, -0.2) is 52.9 Å². The van der Waals surface area contributed by atoms with Gasteiger partial charge in [0.1, 0.15) is 0 Å². The summed E-state index contributed by atoms with van der Waals surface area (Å²) in [7, 11) is -5.38.